The average molecular weight is 297 g/mol. The van der Waals surface area contributed by atoms with Crippen molar-refractivity contribution >= 4 is 11.4 Å². The number of halogens is 1. The fourth-order valence-electron chi connectivity index (χ4n) is 2.72. The van der Waals surface area contributed by atoms with Gasteiger partial charge in [-0.3, -0.25) is 10.1 Å². The third-order valence-corrected chi connectivity index (χ3v) is 3.93. The summed E-state index contributed by atoms with van der Waals surface area (Å²) in [4.78, 5) is 10.4. The molecule has 0 radical (unpaired) electrons. The topological polar surface area (TPSA) is 76.4 Å². The van der Waals surface area contributed by atoms with Gasteiger partial charge in [0, 0.05) is 19.1 Å². The summed E-state index contributed by atoms with van der Waals surface area (Å²) in [5.74, 6) is -0.610. The Morgan fingerprint density at radius 3 is 2.81 bits per heavy atom. The lowest BCUT2D eigenvalue weighted by Gasteiger charge is -2.37. The Bertz CT molecular complexity index is 499. The first-order valence-corrected chi connectivity index (χ1v) is 6.94. The molecule has 6 nitrogen and oxygen atoms in total. The summed E-state index contributed by atoms with van der Waals surface area (Å²) in [5.41, 5.74) is 0.0503. The second-order valence-electron chi connectivity index (χ2n) is 5.46. The van der Waals surface area contributed by atoms with Gasteiger partial charge in [0.15, 0.2) is 0 Å². The molecule has 0 amide bonds. The molecule has 0 bridgehead atoms. The summed E-state index contributed by atoms with van der Waals surface area (Å²) in [6, 6.07) is 3.57. The van der Waals surface area contributed by atoms with E-state index >= 15 is 0 Å². The Kier molecular flexibility index (Phi) is 5.08. The summed E-state index contributed by atoms with van der Waals surface area (Å²) in [5, 5.41) is 17.4. The number of nitro benzene ring substituents is 1. The van der Waals surface area contributed by atoms with Crippen LogP contribution >= 0.6 is 0 Å². The van der Waals surface area contributed by atoms with E-state index in [0.29, 0.717) is 18.8 Å². The highest BCUT2D eigenvalue weighted by Gasteiger charge is 2.32. The normalized spacial score (nSPS) is 17.4. The predicted molar refractivity (Wildman–Crippen MR) is 78.0 cm³/mol. The van der Waals surface area contributed by atoms with Crippen molar-refractivity contribution in [1.82, 2.24) is 5.32 Å². The standard InChI is InChI=1S/C14H20FN3O3/c1-21-10-14(4-6-16-7-5-14)9-17-12-3-2-11(15)8-13(12)18(19)20/h2-3,8,16-17H,4-7,9-10H2,1H3. The minimum Gasteiger partial charge on any atom is -0.384 e. The molecule has 0 saturated carbocycles. The maximum atomic E-state index is 13.1. The molecule has 0 aromatic heterocycles. The van der Waals surface area contributed by atoms with E-state index in [-0.39, 0.29) is 11.1 Å². The van der Waals surface area contributed by atoms with Crippen molar-refractivity contribution in [2.45, 2.75) is 12.8 Å². The van der Waals surface area contributed by atoms with Gasteiger partial charge in [0.2, 0.25) is 0 Å². The van der Waals surface area contributed by atoms with Gasteiger partial charge >= 0.3 is 0 Å². The number of nitrogens with one attached hydrogen (secondary N) is 2. The lowest BCUT2D eigenvalue weighted by atomic mass is 9.79. The molecule has 1 aromatic rings. The number of methoxy groups -OCH3 is 1. The predicted octanol–water partition coefficient (Wildman–Crippen LogP) is 2.16. The number of hydrogen-bond acceptors (Lipinski definition) is 5. The maximum absolute atomic E-state index is 13.1. The van der Waals surface area contributed by atoms with Gasteiger partial charge < -0.3 is 15.4 Å². The van der Waals surface area contributed by atoms with E-state index in [1.165, 1.54) is 12.1 Å². The Hall–Kier alpha value is -1.73. The van der Waals surface area contributed by atoms with Crippen LogP contribution in [0.2, 0.25) is 0 Å². The van der Waals surface area contributed by atoms with Crippen molar-refractivity contribution in [3.8, 4) is 0 Å². The Morgan fingerprint density at radius 2 is 2.19 bits per heavy atom. The van der Waals surface area contributed by atoms with Gasteiger partial charge in [0.1, 0.15) is 11.5 Å². The molecule has 1 aliphatic heterocycles. The van der Waals surface area contributed by atoms with E-state index in [4.69, 9.17) is 4.74 Å². The van der Waals surface area contributed by atoms with Gasteiger partial charge in [-0.2, -0.15) is 0 Å². The zero-order valence-corrected chi connectivity index (χ0v) is 12.0. The van der Waals surface area contributed by atoms with Gasteiger partial charge in [-0.1, -0.05) is 0 Å². The number of piperidine rings is 1. The zero-order valence-electron chi connectivity index (χ0n) is 12.0. The lowest BCUT2D eigenvalue weighted by Crippen LogP contribution is -2.44. The van der Waals surface area contributed by atoms with E-state index < -0.39 is 10.7 Å². The summed E-state index contributed by atoms with van der Waals surface area (Å²) >= 11 is 0. The van der Waals surface area contributed by atoms with Crippen molar-refractivity contribution in [2.24, 2.45) is 5.41 Å². The molecule has 0 atom stereocenters. The van der Waals surface area contributed by atoms with Gasteiger partial charge in [-0.05, 0) is 38.1 Å². The number of anilines is 1. The molecular formula is C14H20FN3O3. The van der Waals surface area contributed by atoms with Gasteiger partial charge in [0.05, 0.1) is 17.6 Å². The van der Waals surface area contributed by atoms with Crippen molar-refractivity contribution in [1.29, 1.82) is 0 Å². The van der Waals surface area contributed by atoms with Crippen molar-refractivity contribution in [3.05, 3.63) is 34.1 Å². The Balaban J connectivity index is 2.12. The van der Waals surface area contributed by atoms with Crippen LogP contribution in [0.4, 0.5) is 15.8 Å². The van der Waals surface area contributed by atoms with E-state index in [9.17, 15) is 14.5 Å². The van der Waals surface area contributed by atoms with E-state index in [0.717, 1.165) is 32.0 Å². The van der Waals surface area contributed by atoms with Crippen LogP contribution in [0.3, 0.4) is 0 Å². The quantitative estimate of drug-likeness (QED) is 0.621. The molecule has 0 spiro atoms. The number of ether oxygens (including phenoxy) is 1. The fraction of sp³-hybridized carbons (Fsp3) is 0.571. The first-order chi connectivity index (χ1) is 10.1. The summed E-state index contributed by atoms with van der Waals surface area (Å²) in [7, 11) is 1.66. The molecule has 1 heterocycles. The molecule has 0 aliphatic carbocycles. The fourth-order valence-corrected chi connectivity index (χ4v) is 2.72. The van der Waals surface area contributed by atoms with Crippen LogP contribution in [-0.4, -0.2) is 38.3 Å². The molecule has 7 heteroatoms. The van der Waals surface area contributed by atoms with E-state index in [1.807, 2.05) is 0 Å². The third-order valence-electron chi connectivity index (χ3n) is 3.93. The average Bonchev–Trinajstić information content (AvgIpc) is 2.47. The molecule has 2 N–H and O–H groups in total. The minimum atomic E-state index is -0.610. The summed E-state index contributed by atoms with van der Waals surface area (Å²) < 4.78 is 18.4. The molecule has 1 aromatic carbocycles. The van der Waals surface area contributed by atoms with Gasteiger partial charge in [-0.15, -0.1) is 0 Å². The molecule has 1 saturated heterocycles. The molecule has 1 fully saturated rings. The molecule has 0 unspecified atom stereocenters. The highest BCUT2D eigenvalue weighted by atomic mass is 19.1. The van der Waals surface area contributed by atoms with Crippen LogP contribution in [0.25, 0.3) is 0 Å². The molecular weight excluding hydrogens is 277 g/mol. The Morgan fingerprint density at radius 1 is 1.48 bits per heavy atom. The second kappa shape index (κ2) is 6.82. The number of nitro groups is 1. The van der Waals surface area contributed by atoms with Gasteiger partial charge in [0.25, 0.3) is 5.69 Å². The van der Waals surface area contributed by atoms with Crippen LogP contribution in [0.5, 0.6) is 0 Å². The highest BCUT2D eigenvalue weighted by molar-refractivity contribution is 5.61. The first-order valence-electron chi connectivity index (χ1n) is 6.94. The van der Waals surface area contributed by atoms with E-state index in [1.54, 1.807) is 7.11 Å². The number of rotatable bonds is 6. The molecule has 1 aliphatic rings. The van der Waals surface area contributed by atoms with E-state index in [2.05, 4.69) is 10.6 Å². The maximum Gasteiger partial charge on any atom is 0.295 e. The SMILES string of the molecule is COCC1(CNc2ccc(F)cc2[N+](=O)[O-])CCNCC1. The molecule has 21 heavy (non-hydrogen) atoms. The van der Waals surface area contributed by atoms with Crippen LogP contribution in [0.15, 0.2) is 18.2 Å². The highest BCUT2D eigenvalue weighted by Crippen LogP contribution is 2.32. The Labute approximate surface area is 122 Å². The number of nitrogens with zero attached hydrogens (tertiary/aromatic N) is 1. The molecule has 116 valence electrons. The van der Waals surface area contributed by atoms with Crippen molar-refractivity contribution in [2.75, 3.05) is 38.7 Å². The van der Waals surface area contributed by atoms with Crippen LogP contribution < -0.4 is 10.6 Å². The number of hydrogen-bond donors (Lipinski definition) is 2. The smallest absolute Gasteiger partial charge is 0.295 e. The lowest BCUT2D eigenvalue weighted by molar-refractivity contribution is -0.384. The van der Waals surface area contributed by atoms with Gasteiger partial charge in [-0.25, -0.2) is 4.39 Å². The van der Waals surface area contributed by atoms with Crippen LogP contribution in [0.1, 0.15) is 12.8 Å². The number of benzene rings is 1. The second-order valence-corrected chi connectivity index (χ2v) is 5.46. The summed E-state index contributed by atoms with van der Waals surface area (Å²) in [6.45, 7) is 2.96. The summed E-state index contributed by atoms with van der Waals surface area (Å²) in [6.07, 6.45) is 1.87. The van der Waals surface area contributed by atoms with Crippen molar-refractivity contribution < 1.29 is 14.1 Å². The third kappa shape index (κ3) is 3.89. The minimum absolute atomic E-state index is 0.0533. The first kappa shape index (κ1) is 15.7. The largest absolute Gasteiger partial charge is 0.384 e. The van der Waals surface area contributed by atoms with Crippen LogP contribution in [-0.2, 0) is 4.74 Å². The van der Waals surface area contributed by atoms with Crippen LogP contribution in [0, 0.1) is 21.3 Å². The monoisotopic (exact) mass is 297 g/mol. The van der Waals surface area contributed by atoms with Crippen molar-refractivity contribution in [3.63, 3.8) is 0 Å². The molecule has 2 rings (SSSR count). The zero-order chi connectivity index (χ0) is 15.3.